The van der Waals surface area contributed by atoms with Crippen LogP contribution in [-0.2, 0) is 16.2 Å². The van der Waals surface area contributed by atoms with Crippen molar-refractivity contribution in [2.45, 2.75) is 26.5 Å². The van der Waals surface area contributed by atoms with Crippen LogP contribution in [0.2, 0.25) is 0 Å². The molecule has 1 N–H and O–H groups in total. The first-order valence-corrected chi connectivity index (χ1v) is 12.4. The minimum Gasteiger partial charge on any atom is -0.507 e. The van der Waals surface area contributed by atoms with Crippen molar-refractivity contribution in [1.29, 1.82) is 0 Å². The molecule has 3 aromatic carbocycles. The van der Waals surface area contributed by atoms with Crippen molar-refractivity contribution in [1.82, 2.24) is 9.80 Å². The predicted octanol–water partition coefficient (Wildman–Crippen LogP) is 5.03. The Bertz CT molecular complexity index is 1200. The zero-order valence-corrected chi connectivity index (χ0v) is 20.8. The van der Waals surface area contributed by atoms with Crippen LogP contribution in [0.5, 0.6) is 5.75 Å². The van der Waals surface area contributed by atoms with Gasteiger partial charge in [0.25, 0.3) is 11.7 Å². The monoisotopic (exact) mass is 484 g/mol. The first kappa shape index (κ1) is 25.2. The van der Waals surface area contributed by atoms with Crippen LogP contribution in [0.15, 0.2) is 90.5 Å². The van der Waals surface area contributed by atoms with Gasteiger partial charge in [-0.1, -0.05) is 74.5 Å². The van der Waals surface area contributed by atoms with E-state index >= 15 is 0 Å². The van der Waals surface area contributed by atoms with E-state index in [0.29, 0.717) is 31.0 Å². The maximum absolute atomic E-state index is 13.2. The molecule has 1 atom stereocenters. The van der Waals surface area contributed by atoms with Crippen LogP contribution in [0, 0.1) is 0 Å². The summed E-state index contributed by atoms with van der Waals surface area (Å²) in [6, 6.07) is 25.5. The van der Waals surface area contributed by atoms with E-state index in [2.05, 4.69) is 18.7 Å². The third kappa shape index (κ3) is 5.50. The average Bonchev–Trinajstić information content (AvgIpc) is 3.18. The van der Waals surface area contributed by atoms with Gasteiger partial charge in [0.2, 0.25) is 0 Å². The van der Waals surface area contributed by atoms with Gasteiger partial charge in [-0.25, -0.2) is 0 Å². The highest BCUT2D eigenvalue weighted by molar-refractivity contribution is 6.46. The summed E-state index contributed by atoms with van der Waals surface area (Å²) in [6.07, 6.45) is 0. The molecular weight excluding hydrogens is 452 g/mol. The largest absolute Gasteiger partial charge is 0.507 e. The van der Waals surface area contributed by atoms with Crippen molar-refractivity contribution >= 4 is 17.4 Å². The molecule has 6 nitrogen and oxygen atoms in total. The van der Waals surface area contributed by atoms with Gasteiger partial charge in [-0.05, 0) is 48.5 Å². The normalized spacial score (nSPS) is 17.1. The number of ether oxygens (including phenoxy) is 1. The molecule has 4 rings (SSSR count). The number of carbonyl (C=O) groups excluding carboxylic acids is 2. The number of likely N-dealkylation sites (N-methyl/N-ethyl adjacent to an activating group) is 1. The Balaban J connectivity index is 1.62. The van der Waals surface area contributed by atoms with Crippen molar-refractivity contribution in [2.75, 3.05) is 26.2 Å². The summed E-state index contributed by atoms with van der Waals surface area (Å²) < 4.78 is 5.84. The third-order valence-electron chi connectivity index (χ3n) is 6.58. The second-order valence-corrected chi connectivity index (χ2v) is 8.73. The molecular formula is C30H32N2O4. The summed E-state index contributed by atoms with van der Waals surface area (Å²) in [5.41, 5.74) is 2.42. The van der Waals surface area contributed by atoms with Crippen molar-refractivity contribution < 1.29 is 19.4 Å². The summed E-state index contributed by atoms with van der Waals surface area (Å²) >= 11 is 0. The first-order chi connectivity index (χ1) is 17.5. The molecule has 0 saturated carbocycles. The molecule has 3 aromatic rings. The van der Waals surface area contributed by atoms with Gasteiger partial charge in [0, 0.05) is 18.7 Å². The number of rotatable bonds is 10. The van der Waals surface area contributed by atoms with Gasteiger partial charge in [0.1, 0.15) is 18.1 Å². The van der Waals surface area contributed by atoms with Crippen LogP contribution in [0.25, 0.3) is 5.76 Å². The smallest absolute Gasteiger partial charge is 0.295 e. The van der Waals surface area contributed by atoms with Crippen molar-refractivity contribution in [3.63, 3.8) is 0 Å². The second kappa shape index (κ2) is 11.7. The number of hydrogen-bond donors (Lipinski definition) is 1. The topological polar surface area (TPSA) is 70.1 Å². The lowest BCUT2D eigenvalue weighted by molar-refractivity contribution is -0.140. The zero-order valence-electron chi connectivity index (χ0n) is 20.8. The Hall–Kier alpha value is -3.90. The molecule has 0 aliphatic carbocycles. The van der Waals surface area contributed by atoms with Crippen LogP contribution in [0.3, 0.4) is 0 Å². The number of carbonyl (C=O) groups is 2. The van der Waals surface area contributed by atoms with E-state index in [1.807, 2.05) is 60.7 Å². The van der Waals surface area contributed by atoms with Gasteiger partial charge in [-0.2, -0.15) is 0 Å². The van der Waals surface area contributed by atoms with Gasteiger partial charge in [0.15, 0.2) is 0 Å². The fourth-order valence-corrected chi connectivity index (χ4v) is 4.49. The zero-order chi connectivity index (χ0) is 25.5. The number of Topliss-reactive ketones (excluding diaryl/α,β-unsaturated/α-hetero) is 1. The van der Waals surface area contributed by atoms with E-state index < -0.39 is 17.7 Å². The maximum atomic E-state index is 13.2. The quantitative estimate of drug-likeness (QED) is 0.248. The van der Waals surface area contributed by atoms with E-state index in [1.54, 1.807) is 29.2 Å². The Labute approximate surface area is 212 Å². The van der Waals surface area contributed by atoms with Crippen molar-refractivity contribution in [2.24, 2.45) is 0 Å². The van der Waals surface area contributed by atoms with E-state index in [1.165, 1.54) is 0 Å². The fourth-order valence-electron chi connectivity index (χ4n) is 4.49. The summed E-state index contributed by atoms with van der Waals surface area (Å²) in [5, 5.41) is 11.3. The van der Waals surface area contributed by atoms with Gasteiger partial charge in [-0.3, -0.25) is 9.59 Å². The summed E-state index contributed by atoms with van der Waals surface area (Å²) in [5.74, 6) is -0.775. The Morgan fingerprint density at radius 1 is 0.889 bits per heavy atom. The number of ketones is 1. The Morgan fingerprint density at radius 2 is 1.50 bits per heavy atom. The average molecular weight is 485 g/mol. The molecule has 1 saturated heterocycles. The summed E-state index contributed by atoms with van der Waals surface area (Å²) in [4.78, 5) is 30.1. The summed E-state index contributed by atoms with van der Waals surface area (Å²) in [6.45, 7) is 7.33. The highest BCUT2D eigenvalue weighted by Gasteiger charge is 2.45. The molecule has 1 amide bonds. The third-order valence-corrected chi connectivity index (χ3v) is 6.58. The van der Waals surface area contributed by atoms with Crippen molar-refractivity contribution in [3.8, 4) is 5.75 Å². The molecule has 1 heterocycles. The van der Waals surface area contributed by atoms with E-state index in [-0.39, 0.29) is 11.3 Å². The lowest BCUT2D eigenvalue weighted by atomic mass is 9.95. The predicted molar refractivity (Wildman–Crippen MR) is 140 cm³/mol. The van der Waals surface area contributed by atoms with Crippen LogP contribution in [0.1, 0.15) is 36.6 Å². The van der Waals surface area contributed by atoms with E-state index in [0.717, 1.165) is 24.2 Å². The summed E-state index contributed by atoms with van der Waals surface area (Å²) in [7, 11) is 0. The van der Waals surface area contributed by atoms with Gasteiger partial charge >= 0.3 is 0 Å². The molecule has 0 aromatic heterocycles. The SMILES string of the molecule is CCN(CC)CCN1C(=O)C(=O)C(=C(O)c2ccc(OCc3ccccc3)cc2)[C@@H]1c1ccccc1. The fraction of sp³-hybridized carbons (Fsp3) is 0.267. The van der Waals surface area contributed by atoms with Gasteiger partial charge < -0.3 is 19.6 Å². The number of amides is 1. The first-order valence-electron chi connectivity index (χ1n) is 12.4. The van der Waals surface area contributed by atoms with Crippen molar-refractivity contribution in [3.05, 3.63) is 107 Å². The molecule has 36 heavy (non-hydrogen) atoms. The van der Waals surface area contributed by atoms with E-state index in [4.69, 9.17) is 4.74 Å². The number of likely N-dealkylation sites (tertiary alicyclic amines) is 1. The Morgan fingerprint density at radius 3 is 2.11 bits per heavy atom. The molecule has 0 spiro atoms. The van der Waals surface area contributed by atoms with Gasteiger partial charge in [0.05, 0.1) is 11.6 Å². The maximum Gasteiger partial charge on any atom is 0.295 e. The standard InChI is InChI=1S/C30H32N2O4/c1-3-31(4-2)19-20-32-27(23-13-9-6-10-14-23)26(29(34)30(32)35)28(33)24-15-17-25(18-16-24)36-21-22-11-7-5-8-12-22/h5-18,27,33H,3-4,19-21H2,1-2H3/t27-/m0/s1. The number of aliphatic hydroxyl groups excluding tert-OH is 1. The second-order valence-electron chi connectivity index (χ2n) is 8.73. The van der Waals surface area contributed by atoms with Gasteiger partial charge in [-0.15, -0.1) is 0 Å². The molecule has 0 bridgehead atoms. The molecule has 0 radical (unpaired) electrons. The van der Waals surface area contributed by atoms with E-state index in [9.17, 15) is 14.7 Å². The van der Waals surface area contributed by atoms with Crippen LogP contribution < -0.4 is 4.74 Å². The number of hydrogen-bond acceptors (Lipinski definition) is 5. The number of nitrogens with zero attached hydrogens (tertiary/aromatic N) is 2. The number of benzene rings is 3. The molecule has 186 valence electrons. The van der Waals surface area contributed by atoms with Crippen LogP contribution >= 0.6 is 0 Å². The van der Waals surface area contributed by atoms with Crippen LogP contribution in [-0.4, -0.2) is 52.8 Å². The lowest BCUT2D eigenvalue weighted by Gasteiger charge is -2.28. The number of aliphatic hydroxyl groups is 1. The highest BCUT2D eigenvalue weighted by atomic mass is 16.5. The highest BCUT2D eigenvalue weighted by Crippen LogP contribution is 2.39. The molecule has 1 fully saturated rings. The molecule has 6 heteroatoms. The molecule has 0 unspecified atom stereocenters. The molecule has 1 aliphatic heterocycles. The molecule has 1 aliphatic rings. The minimum atomic E-state index is -0.662. The van der Waals surface area contributed by atoms with Crippen LogP contribution in [0.4, 0.5) is 0 Å². The lowest BCUT2D eigenvalue weighted by Crippen LogP contribution is -2.38. The minimum absolute atomic E-state index is 0.115. The Kier molecular flexibility index (Phi) is 8.18.